The number of aromatic carboxylic acids is 1. The molecule has 0 aliphatic carbocycles. The van der Waals surface area contributed by atoms with Crippen molar-refractivity contribution in [3.63, 3.8) is 0 Å². The van der Waals surface area contributed by atoms with E-state index in [1.807, 2.05) is 0 Å². The van der Waals surface area contributed by atoms with E-state index < -0.39 is 17.8 Å². The van der Waals surface area contributed by atoms with E-state index in [9.17, 15) is 19.5 Å². The van der Waals surface area contributed by atoms with Crippen molar-refractivity contribution in [1.82, 2.24) is 10.7 Å². The van der Waals surface area contributed by atoms with Gasteiger partial charge in [-0.3, -0.25) is 9.59 Å². The highest BCUT2D eigenvalue weighted by Gasteiger charge is 2.11. The third-order valence-electron chi connectivity index (χ3n) is 3.89. The van der Waals surface area contributed by atoms with Crippen molar-refractivity contribution in [2.24, 2.45) is 5.10 Å². The van der Waals surface area contributed by atoms with Crippen molar-refractivity contribution in [2.45, 2.75) is 13.0 Å². The number of amides is 2. The molecule has 0 aromatic heterocycles. The highest BCUT2D eigenvalue weighted by Crippen LogP contribution is 2.17. The van der Waals surface area contributed by atoms with E-state index in [-0.39, 0.29) is 12.2 Å². The predicted octanol–water partition coefficient (Wildman–Crippen LogP) is 0.232. The van der Waals surface area contributed by atoms with Gasteiger partial charge in [0.15, 0.2) is 0 Å². The number of nitrogens with zero attached hydrogens (tertiary/aromatic N) is 1. The molecule has 9 nitrogen and oxygen atoms in total. The topological polar surface area (TPSA) is 129 Å². The maximum Gasteiger partial charge on any atom is 0.329 e. The molecule has 0 fully saturated rings. The summed E-state index contributed by atoms with van der Waals surface area (Å²) >= 11 is 0. The average Bonchev–Trinajstić information content (AvgIpc) is 2.76. The molecule has 0 aliphatic heterocycles. The Morgan fingerprint density at radius 3 is 2.50 bits per heavy atom. The molecule has 2 amide bonds. The first-order chi connectivity index (χ1) is 14.5. The number of carbonyl (C=O) groups excluding carboxylic acids is 3. The van der Waals surface area contributed by atoms with Gasteiger partial charge in [-0.25, -0.2) is 5.43 Å². The lowest BCUT2D eigenvalue weighted by molar-refractivity contribution is -0.255. The summed E-state index contributed by atoms with van der Waals surface area (Å²) in [5.41, 5.74) is 3.60. The van der Waals surface area contributed by atoms with Crippen molar-refractivity contribution >= 4 is 24.0 Å². The maximum absolute atomic E-state index is 11.7. The molecule has 2 N–H and O–H groups in total. The number of hydrazone groups is 1. The molecule has 0 radical (unpaired) electrons. The van der Waals surface area contributed by atoms with Crippen LogP contribution in [0.1, 0.15) is 27.9 Å². The van der Waals surface area contributed by atoms with Gasteiger partial charge in [0.05, 0.1) is 12.2 Å². The predicted molar refractivity (Wildman–Crippen MR) is 107 cm³/mol. The van der Waals surface area contributed by atoms with Crippen molar-refractivity contribution in [3.8, 4) is 5.75 Å². The number of carboxylic acids is 1. The minimum absolute atomic E-state index is 0.0877. The van der Waals surface area contributed by atoms with Gasteiger partial charge in [0.25, 0.3) is 0 Å². The summed E-state index contributed by atoms with van der Waals surface area (Å²) in [6.45, 7) is 1.01. The molecule has 0 atom stereocenters. The monoisotopic (exact) mass is 412 g/mol. The van der Waals surface area contributed by atoms with Crippen LogP contribution in [-0.4, -0.2) is 44.3 Å². The highest BCUT2D eigenvalue weighted by atomic mass is 16.5. The zero-order valence-corrected chi connectivity index (χ0v) is 16.4. The van der Waals surface area contributed by atoms with E-state index in [1.165, 1.54) is 18.3 Å². The van der Waals surface area contributed by atoms with Crippen molar-refractivity contribution in [1.29, 1.82) is 0 Å². The van der Waals surface area contributed by atoms with Gasteiger partial charge >= 0.3 is 11.8 Å². The Hall–Kier alpha value is -3.72. The number of methoxy groups -OCH3 is 1. The van der Waals surface area contributed by atoms with Crippen LogP contribution >= 0.6 is 0 Å². The van der Waals surface area contributed by atoms with Gasteiger partial charge in [-0.1, -0.05) is 36.4 Å². The quantitative estimate of drug-likeness (QED) is 0.249. The average molecular weight is 412 g/mol. The fraction of sp³-hybridized carbons (Fsp3) is 0.238. The fourth-order valence-corrected chi connectivity index (χ4v) is 2.33. The normalized spacial score (nSPS) is 10.6. The van der Waals surface area contributed by atoms with Crippen LogP contribution in [0.5, 0.6) is 5.75 Å². The standard InChI is InChI=1S/C21H23N3O6/c1-29-12-4-11-22-19(25)20(26)24-23-13-17-5-2-3-6-18(17)30-14-15-7-9-16(10-8-15)21(27)28/h2-3,5-10,13H,4,11-12,14H2,1H3,(H,22,25)(H,24,26)(H,27,28)/p-1/b23-13-. The summed E-state index contributed by atoms with van der Waals surface area (Å²) < 4.78 is 10.6. The maximum atomic E-state index is 11.7. The minimum Gasteiger partial charge on any atom is -0.545 e. The van der Waals surface area contributed by atoms with Gasteiger partial charge in [0, 0.05) is 25.8 Å². The number of ether oxygens (including phenoxy) is 2. The van der Waals surface area contributed by atoms with E-state index in [0.29, 0.717) is 30.9 Å². The second-order valence-corrected chi connectivity index (χ2v) is 6.11. The number of hydrogen-bond donors (Lipinski definition) is 2. The molecule has 0 spiro atoms. The molecule has 2 rings (SSSR count). The molecular weight excluding hydrogens is 390 g/mol. The van der Waals surface area contributed by atoms with Crippen LogP contribution in [-0.2, 0) is 20.9 Å². The SMILES string of the molecule is COCCCNC(=O)C(=O)N/N=C\c1ccccc1OCc1ccc(C(=O)[O-])cc1. The summed E-state index contributed by atoms with van der Waals surface area (Å²) in [4.78, 5) is 34.1. The summed E-state index contributed by atoms with van der Waals surface area (Å²) in [5, 5.41) is 17.0. The largest absolute Gasteiger partial charge is 0.545 e. The minimum atomic E-state index is -1.24. The molecule has 0 unspecified atom stereocenters. The third kappa shape index (κ3) is 7.36. The summed E-state index contributed by atoms with van der Waals surface area (Å²) in [6.07, 6.45) is 1.96. The first kappa shape index (κ1) is 22.6. The zero-order chi connectivity index (χ0) is 21.8. The second kappa shape index (κ2) is 12.0. The smallest absolute Gasteiger partial charge is 0.329 e. The zero-order valence-electron chi connectivity index (χ0n) is 16.4. The Kier molecular flexibility index (Phi) is 9.01. The van der Waals surface area contributed by atoms with Crippen molar-refractivity contribution in [3.05, 3.63) is 65.2 Å². The molecule has 158 valence electrons. The Labute approximate surface area is 173 Å². The van der Waals surface area contributed by atoms with Gasteiger partial charge in [-0.2, -0.15) is 5.10 Å². The van der Waals surface area contributed by atoms with Crippen LogP contribution in [0, 0.1) is 0 Å². The van der Waals surface area contributed by atoms with Crippen LogP contribution in [0.3, 0.4) is 0 Å². The van der Waals surface area contributed by atoms with Crippen molar-refractivity contribution in [2.75, 3.05) is 20.3 Å². The molecule has 0 saturated heterocycles. The van der Waals surface area contributed by atoms with E-state index in [4.69, 9.17) is 9.47 Å². The van der Waals surface area contributed by atoms with Crippen LogP contribution in [0.2, 0.25) is 0 Å². The molecule has 0 aliphatic rings. The van der Waals surface area contributed by atoms with Crippen LogP contribution in [0.25, 0.3) is 0 Å². The number of para-hydroxylation sites is 1. The highest BCUT2D eigenvalue weighted by molar-refractivity contribution is 6.35. The summed E-state index contributed by atoms with van der Waals surface area (Å²) in [6, 6.07) is 13.1. The van der Waals surface area contributed by atoms with Crippen molar-refractivity contribution < 1.29 is 29.0 Å². The van der Waals surface area contributed by atoms with Crippen LogP contribution in [0.15, 0.2) is 53.6 Å². The van der Waals surface area contributed by atoms with Gasteiger partial charge in [-0.15, -0.1) is 0 Å². The molecule has 9 heteroatoms. The van der Waals surface area contributed by atoms with Crippen LogP contribution in [0.4, 0.5) is 0 Å². The van der Waals surface area contributed by atoms with E-state index in [1.54, 1.807) is 43.5 Å². The Morgan fingerprint density at radius 2 is 1.80 bits per heavy atom. The van der Waals surface area contributed by atoms with Crippen LogP contribution < -0.4 is 20.6 Å². The molecule has 0 heterocycles. The van der Waals surface area contributed by atoms with Gasteiger partial charge in [0.1, 0.15) is 12.4 Å². The number of carbonyl (C=O) groups is 3. The van der Waals surface area contributed by atoms with E-state index in [2.05, 4.69) is 15.8 Å². The molecule has 0 bridgehead atoms. The Morgan fingerprint density at radius 1 is 1.07 bits per heavy atom. The van der Waals surface area contributed by atoms with E-state index >= 15 is 0 Å². The summed E-state index contributed by atoms with van der Waals surface area (Å²) in [7, 11) is 1.55. The van der Waals surface area contributed by atoms with Gasteiger partial charge < -0.3 is 24.7 Å². The lowest BCUT2D eigenvalue weighted by atomic mass is 10.1. The Bertz CT molecular complexity index is 896. The molecule has 30 heavy (non-hydrogen) atoms. The first-order valence-corrected chi connectivity index (χ1v) is 9.13. The lowest BCUT2D eigenvalue weighted by Gasteiger charge is -2.10. The lowest BCUT2D eigenvalue weighted by Crippen LogP contribution is -2.38. The van der Waals surface area contributed by atoms with Gasteiger partial charge in [-0.05, 0) is 29.7 Å². The number of carboxylic acid groups (broad SMARTS) is 1. The molecule has 2 aromatic rings. The van der Waals surface area contributed by atoms with E-state index in [0.717, 1.165) is 5.56 Å². The number of hydrogen-bond acceptors (Lipinski definition) is 7. The third-order valence-corrected chi connectivity index (χ3v) is 3.89. The molecule has 2 aromatic carbocycles. The number of benzene rings is 2. The molecule has 0 saturated carbocycles. The second-order valence-electron chi connectivity index (χ2n) is 6.11. The number of nitrogens with one attached hydrogen (secondary N) is 2. The molecular formula is C21H22N3O6-. The fourth-order valence-electron chi connectivity index (χ4n) is 2.33. The summed E-state index contributed by atoms with van der Waals surface area (Å²) in [5.74, 6) is -2.40. The first-order valence-electron chi connectivity index (χ1n) is 9.13. The number of rotatable bonds is 10. The Balaban J connectivity index is 1.89. The van der Waals surface area contributed by atoms with Gasteiger partial charge in [0.2, 0.25) is 0 Å².